The van der Waals surface area contributed by atoms with E-state index in [1.165, 1.54) is 6.20 Å². The Hall–Kier alpha value is -1.95. The molecule has 0 saturated carbocycles. The topological polar surface area (TPSA) is 86.6 Å². The van der Waals surface area contributed by atoms with Crippen LogP contribution in [0, 0.1) is 0 Å². The highest BCUT2D eigenvalue weighted by Crippen LogP contribution is 2.05. The summed E-state index contributed by atoms with van der Waals surface area (Å²) in [5.41, 5.74) is 4.24. The normalized spacial score (nSPS) is 10.0. The Labute approximate surface area is 125 Å². The number of hydrazone groups is 1. The lowest BCUT2D eigenvalue weighted by Crippen LogP contribution is -2.24. The van der Waals surface area contributed by atoms with E-state index in [1.807, 2.05) is 13.8 Å². The van der Waals surface area contributed by atoms with Crippen LogP contribution in [0.5, 0.6) is 0 Å². The Bertz CT molecular complexity index is 453. The Morgan fingerprint density at radius 1 is 1.24 bits per heavy atom. The molecule has 0 aliphatic rings. The number of hydrogen-bond donors (Lipinski definition) is 3. The molecule has 1 aromatic heterocycles. The lowest BCUT2D eigenvalue weighted by molar-refractivity contribution is 0.0952. The summed E-state index contributed by atoms with van der Waals surface area (Å²) >= 11 is 0. The third kappa shape index (κ3) is 7.41. The maximum absolute atomic E-state index is 11.9. The van der Waals surface area contributed by atoms with E-state index < -0.39 is 0 Å². The SMILES string of the molecule is CC(C)=NNc1ccc(C(=O)NCCCCCCO)cn1. The first-order chi connectivity index (χ1) is 10.1. The summed E-state index contributed by atoms with van der Waals surface area (Å²) in [6.45, 7) is 4.65. The first-order valence-corrected chi connectivity index (χ1v) is 7.25. The largest absolute Gasteiger partial charge is 0.396 e. The van der Waals surface area contributed by atoms with E-state index in [0.717, 1.165) is 31.4 Å². The molecular weight excluding hydrogens is 268 g/mol. The van der Waals surface area contributed by atoms with Gasteiger partial charge in [0.05, 0.1) is 5.56 Å². The van der Waals surface area contributed by atoms with Gasteiger partial charge in [-0.05, 0) is 38.8 Å². The fourth-order valence-electron chi connectivity index (χ4n) is 1.66. The predicted molar refractivity (Wildman–Crippen MR) is 84.5 cm³/mol. The Balaban J connectivity index is 2.32. The molecule has 0 fully saturated rings. The average Bonchev–Trinajstić information content (AvgIpc) is 2.49. The average molecular weight is 292 g/mol. The number of aliphatic hydroxyl groups excluding tert-OH is 1. The van der Waals surface area contributed by atoms with Crippen molar-refractivity contribution in [3.8, 4) is 0 Å². The molecule has 0 saturated heterocycles. The Kier molecular flexibility index (Phi) is 8.04. The molecule has 116 valence electrons. The molecule has 1 amide bonds. The fourth-order valence-corrected chi connectivity index (χ4v) is 1.66. The number of nitrogens with zero attached hydrogens (tertiary/aromatic N) is 2. The monoisotopic (exact) mass is 292 g/mol. The van der Waals surface area contributed by atoms with Crippen LogP contribution < -0.4 is 10.7 Å². The van der Waals surface area contributed by atoms with Crippen LogP contribution in [-0.2, 0) is 0 Å². The highest BCUT2D eigenvalue weighted by Gasteiger charge is 2.05. The summed E-state index contributed by atoms with van der Waals surface area (Å²) in [5.74, 6) is 0.489. The second kappa shape index (κ2) is 9.88. The van der Waals surface area contributed by atoms with E-state index in [4.69, 9.17) is 5.11 Å². The molecule has 3 N–H and O–H groups in total. The smallest absolute Gasteiger partial charge is 0.252 e. The second-order valence-corrected chi connectivity index (χ2v) is 5.00. The Morgan fingerprint density at radius 3 is 2.62 bits per heavy atom. The van der Waals surface area contributed by atoms with Crippen LogP contribution >= 0.6 is 0 Å². The molecule has 0 aliphatic carbocycles. The number of pyridine rings is 1. The van der Waals surface area contributed by atoms with Gasteiger partial charge in [0.15, 0.2) is 0 Å². The van der Waals surface area contributed by atoms with Gasteiger partial charge in [-0.25, -0.2) is 4.98 Å². The molecule has 0 unspecified atom stereocenters. The molecule has 0 bridgehead atoms. The lowest BCUT2D eigenvalue weighted by atomic mass is 10.2. The van der Waals surface area contributed by atoms with E-state index in [2.05, 4.69) is 20.8 Å². The van der Waals surface area contributed by atoms with Crippen LogP contribution in [0.2, 0.25) is 0 Å². The van der Waals surface area contributed by atoms with E-state index in [-0.39, 0.29) is 12.5 Å². The van der Waals surface area contributed by atoms with Gasteiger partial charge in [0.1, 0.15) is 5.82 Å². The van der Waals surface area contributed by atoms with Crippen molar-refractivity contribution in [3.05, 3.63) is 23.9 Å². The minimum Gasteiger partial charge on any atom is -0.396 e. The van der Waals surface area contributed by atoms with Crippen molar-refractivity contribution < 1.29 is 9.90 Å². The highest BCUT2D eigenvalue weighted by molar-refractivity contribution is 5.94. The first kappa shape index (κ1) is 17.1. The third-order valence-electron chi connectivity index (χ3n) is 2.79. The van der Waals surface area contributed by atoms with Gasteiger partial charge in [0.25, 0.3) is 5.91 Å². The van der Waals surface area contributed by atoms with Crippen LogP contribution in [0.25, 0.3) is 0 Å². The lowest BCUT2D eigenvalue weighted by Gasteiger charge is -2.06. The molecule has 0 atom stereocenters. The Morgan fingerprint density at radius 2 is 2.00 bits per heavy atom. The molecule has 21 heavy (non-hydrogen) atoms. The number of nitrogens with one attached hydrogen (secondary N) is 2. The number of aliphatic hydroxyl groups is 1. The van der Waals surface area contributed by atoms with Crippen molar-refractivity contribution in [2.45, 2.75) is 39.5 Å². The number of carbonyl (C=O) groups excluding carboxylic acids is 1. The standard InChI is InChI=1S/C15H24N4O2/c1-12(2)18-19-14-8-7-13(11-17-14)15(21)16-9-5-3-4-6-10-20/h7-8,11,20H,3-6,9-10H2,1-2H3,(H,16,21)(H,17,19). The maximum Gasteiger partial charge on any atom is 0.252 e. The van der Waals surface area contributed by atoms with E-state index in [9.17, 15) is 4.79 Å². The first-order valence-electron chi connectivity index (χ1n) is 7.25. The summed E-state index contributed by atoms with van der Waals surface area (Å²) in [6, 6.07) is 3.44. The van der Waals surface area contributed by atoms with Crippen molar-refractivity contribution in [2.75, 3.05) is 18.6 Å². The fraction of sp³-hybridized carbons (Fsp3) is 0.533. The van der Waals surface area contributed by atoms with Gasteiger partial charge in [0.2, 0.25) is 0 Å². The molecule has 0 spiro atoms. The van der Waals surface area contributed by atoms with Crippen LogP contribution in [0.3, 0.4) is 0 Å². The number of hydrogen-bond acceptors (Lipinski definition) is 5. The summed E-state index contributed by atoms with van der Waals surface area (Å²) in [7, 11) is 0. The number of aromatic nitrogens is 1. The van der Waals surface area contributed by atoms with E-state index in [0.29, 0.717) is 17.9 Å². The summed E-state index contributed by atoms with van der Waals surface area (Å²) < 4.78 is 0. The van der Waals surface area contributed by atoms with Gasteiger partial charge in [-0.1, -0.05) is 12.8 Å². The van der Waals surface area contributed by atoms with E-state index in [1.54, 1.807) is 12.1 Å². The zero-order valence-corrected chi connectivity index (χ0v) is 12.7. The molecule has 1 rings (SSSR count). The molecule has 0 aromatic carbocycles. The van der Waals surface area contributed by atoms with Crippen molar-refractivity contribution in [3.63, 3.8) is 0 Å². The molecule has 6 heteroatoms. The molecule has 0 radical (unpaired) electrons. The van der Waals surface area contributed by atoms with Crippen LogP contribution in [0.15, 0.2) is 23.4 Å². The van der Waals surface area contributed by atoms with Crippen LogP contribution in [-0.4, -0.2) is 34.9 Å². The highest BCUT2D eigenvalue weighted by atomic mass is 16.2. The predicted octanol–water partition coefficient (Wildman–Crippen LogP) is 2.17. The van der Waals surface area contributed by atoms with Crippen LogP contribution in [0.4, 0.5) is 5.82 Å². The van der Waals surface area contributed by atoms with Crippen molar-refractivity contribution >= 4 is 17.4 Å². The molecule has 0 aliphatic heterocycles. The van der Waals surface area contributed by atoms with Gasteiger partial charge >= 0.3 is 0 Å². The number of unbranched alkanes of at least 4 members (excludes halogenated alkanes) is 3. The van der Waals surface area contributed by atoms with E-state index >= 15 is 0 Å². The second-order valence-electron chi connectivity index (χ2n) is 5.00. The number of amides is 1. The van der Waals surface area contributed by atoms with Gasteiger partial charge in [0, 0.05) is 25.1 Å². The quantitative estimate of drug-likeness (QED) is 0.370. The number of carbonyl (C=O) groups is 1. The molecule has 6 nitrogen and oxygen atoms in total. The summed E-state index contributed by atoms with van der Waals surface area (Å²) in [5, 5.41) is 15.6. The number of anilines is 1. The number of rotatable bonds is 9. The molecule has 1 heterocycles. The van der Waals surface area contributed by atoms with Crippen LogP contribution in [0.1, 0.15) is 49.9 Å². The zero-order chi connectivity index (χ0) is 15.5. The van der Waals surface area contributed by atoms with Crippen molar-refractivity contribution in [1.82, 2.24) is 10.3 Å². The maximum atomic E-state index is 11.9. The van der Waals surface area contributed by atoms with Crippen molar-refractivity contribution in [1.29, 1.82) is 0 Å². The van der Waals surface area contributed by atoms with Gasteiger partial charge in [-0.15, -0.1) is 0 Å². The minimum atomic E-state index is -0.119. The minimum absolute atomic E-state index is 0.119. The summed E-state index contributed by atoms with van der Waals surface area (Å²) in [6.07, 6.45) is 5.28. The van der Waals surface area contributed by atoms with Gasteiger partial charge in [-0.2, -0.15) is 5.10 Å². The molecule has 1 aromatic rings. The van der Waals surface area contributed by atoms with Gasteiger partial charge in [-0.3, -0.25) is 10.2 Å². The van der Waals surface area contributed by atoms with Crippen molar-refractivity contribution in [2.24, 2.45) is 5.10 Å². The third-order valence-corrected chi connectivity index (χ3v) is 2.79. The molecular formula is C15H24N4O2. The zero-order valence-electron chi connectivity index (χ0n) is 12.7. The van der Waals surface area contributed by atoms with Gasteiger partial charge < -0.3 is 10.4 Å². The summed E-state index contributed by atoms with van der Waals surface area (Å²) in [4.78, 5) is 16.0.